The molecule has 1 aliphatic heterocycles. The molecule has 18 heavy (non-hydrogen) atoms. The molecule has 98 valence electrons. The number of hydrogen-bond donors (Lipinski definition) is 2. The predicted octanol–water partition coefficient (Wildman–Crippen LogP) is 1.99. The second kappa shape index (κ2) is 4.61. The van der Waals surface area contributed by atoms with Gasteiger partial charge in [-0.2, -0.15) is 0 Å². The highest BCUT2D eigenvalue weighted by atomic mass is 16.5. The topological polar surface area (TPSA) is 58.6 Å². The summed E-state index contributed by atoms with van der Waals surface area (Å²) in [6.45, 7) is 4.19. The molecule has 0 fully saturated rings. The van der Waals surface area contributed by atoms with Gasteiger partial charge in [0.05, 0.1) is 12.0 Å². The highest BCUT2D eigenvalue weighted by Gasteiger charge is 2.37. The Kier molecular flexibility index (Phi) is 3.30. The van der Waals surface area contributed by atoms with Crippen LogP contribution in [0.3, 0.4) is 0 Å². The summed E-state index contributed by atoms with van der Waals surface area (Å²) in [5.41, 5.74) is 1.30. The molecule has 0 aromatic heterocycles. The van der Waals surface area contributed by atoms with Crippen LogP contribution in [-0.2, 0) is 11.2 Å². The molecule has 0 aliphatic carbocycles. The average molecular weight is 249 g/mol. The Hall–Kier alpha value is -1.55. The Morgan fingerprint density at radius 3 is 2.83 bits per heavy atom. The third-order valence-electron chi connectivity index (χ3n) is 3.61. The Balaban J connectivity index is 2.36. The SMILES string of the molecule is CNC(c1ccc2c(c1)CCO2)C(C)(C)C(=O)O. The van der Waals surface area contributed by atoms with Gasteiger partial charge < -0.3 is 15.2 Å². The first-order valence-corrected chi connectivity index (χ1v) is 6.13. The van der Waals surface area contributed by atoms with Crippen LogP contribution in [0.2, 0.25) is 0 Å². The van der Waals surface area contributed by atoms with Crippen molar-refractivity contribution in [1.82, 2.24) is 5.32 Å². The van der Waals surface area contributed by atoms with Crippen molar-refractivity contribution >= 4 is 5.97 Å². The molecule has 1 atom stereocenters. The van der Waals surface area contributed by atoms with Crippen LogP contribution in [0.5, 0.6) is 5.75 Å². The lowest BCUT2D eigenvalue weighted by atomic mass is 9.80. The van der Waals surface area contributed by atoms with Crippen LogP contribution < -0.4 is 10.1 Å². The first-order chi connectivity index (χ1) is 8.46. The lowest BCUT2D eigenvalue weighted by molar-refractivity contribution is -0.148. The van der Waals surface area contributed by atoms with Crippen LogP contribution >= 0.6 is 0 Å². The molecule has 0 amide bonds. The average Bonchev–Trinajstić information content (AvgIpc) is 2.76. The monoisotopic (exact) mass is 249 g/mol. The van der Waals surface area contributed by atoms with E-state index in [1.165, 1.54) is 0 Å². The maximum Gasteiger partial charge on any atom is 0.311 e. The van der Waals surface area contributed by atoms with Gasteiger partial charge in [0.2, 0.25) is 0 Å². The summed E-state index contributed by atoms with van der Waals surface area (Å²) in [5.74, 6) is 0.111. The van der Waals surface area contributed by atoms with Crippen LogP contribution in [0.1, 0.15) is 31.0 Å². The summed E-state index contributed by atoms with van der Waals surface area (Å²) in [4.78, 5) is 11.4. The zero-order valence-electron chi connectivity index (χ0n) is 11.0. The number of rotatable bonds is 4. The number of benzene rings is 1. The van der Waals surface area contributed by atoms with E-state index >= 15 is 0 Å². The van der Waals surface area contributed by atoms with Gasteiger partial charge in [-0.15, -0.1) is 0 Å². The van der Waals surface area contributed by atoms with Crippen molar-refractivity contribution < 1.29 is 14.6 Å². The zero-order valence-corrected chi connectivity index (χ0v) is 11.0. The lowest BCUT2D eigenvalue weighted by Crippen LogP contribution is -2.38. The minimum absolute atomic E-state index is 0.221. The third-order valence-corrected chi connectivity index (χ3v) is 3.61. The zero-order chi connectivity index (χ0) is 13.3. The van der Waals surface area contributed by atoms with Gasteiger partial charge in [-0.1, -0.05) is 12.1 Å². The van der Waals surface area contributed by atoms with Crippen LogP contribution in [0.25, 0.3) is 0 Å². The van der Waals surface area contributed by atoms with Gasteiger partial charge in [-0.05, 0) is 38.1 Å². The summed E-state index contributed by atoms with van der Waals surface area (Å²) in [5, 5.41) is 12.4. The largest absolute Gasteiger partial charge is 0.493 e. The van der Waals surface area contributed by atoms with Crippen molar-refractivity contribution in [3.63, 3.8) is 0 Å². The fourth-order valence-electron chi connectivity index (χ4n) is 2.45. The standard InChI is InChI=1S/C14H19NO3/c1-14(2,13(16)17)12(15-3)10-4-5-11-9(8-10)6-7-18-11/h4-5,8,12,15H,6-7H2,1-3H3,(H,16,17). The van der Waals surface area contributed by atoms with Crippen LogP contribution in [0, 0.1) is 5.41 Å². The molecule has 1 aliphatic rings. The Bertz CT molecular complexity index is 468. The van der Waals surface area contributed by atoms with E-state index in [0.29, 0.717) is 6.61 Å². The highest BCUT2D eigenvalue weighted by Crippen LogP contribution is 2.36. The van der Waals surface area contributed by atoms with Crippen molar-refractivity contribution in [3.05, 3.63) is 29.3 Å². The van der Waals surface area contributed by atoms with E-state index in [4.69, 9.17) is 4.74 Å². The quantitative estimate of drug-likeness (QED) is 0.856. The van der Waals surface area contributed by atoms with Crippen molar-refractivity contribution in [2.24, 2.45) is 5.41 Å². The van der Waals surface area contributed by atoms with Crippen molar-refractivity contribution in [2.45, 2.75) is 26.3 Å². The van der Waals surface area contributed by atoms with Crippen molar-refractivity contribution in [2.75, 3.05) is 13.7 Å². The molecule has 1 aromatic rings. The van der Waals surface area contributed by atoms with Gasteiger partial charge in [0.1, 0.15) is 5.75 Å². The number of fused-ring (bicyclic) bond motifs is 1. The summed E-state index contributed by atoms with van der Waals surface area (Å²) in [6, 6.07) is 5.70. The molecular weight excluding hydrogens is 230 g/mol. The molecule has 1 heterocycles. The molecule has 0 bridgehead atoms. The minimum Gasteiger partial charge on any atom is -0.493 e. The van der Waals surface area contributed by atoms with Crippen molar-refractivity contribution in [1.29, 1.82) is 0 Å². The smallest absolute Gasteiger partial charge is 0.311 e. The second-order valence-corrected chi connectivity index (χ2v) is 5.21. The number of carbonyl (C=O) groups is 1. The summed E-state index contributed by atoms with van der Waals surface area (Å²) in [6.07, 6.45) is 0.896. The van der Waals surface area contributed by atoms with E-state index < -0.39 is 11.4 Å². The summed E-state index contributed by atoms with van der Waals surface area (Å²) < 4.78 is 5.46. The first-order valence-electron chi connectivity index (χ1n) is 6.13. The number of nitrogens with one attached hydrogen (secondary N) is 1. The summed E-state index contributed by atoms with van der Waals surface area (Å²) >= 11 is 0. The first kappa shape index (κ1) is 12.9. The maximum absolute atomic E-state index is 11.4. The number of ether oxygens (including phenoxy) is 1. The number of carboxylic acid groups (broad SMARTS) is 1. The van der Waals surface area contributed by atoms with Gasteiger partial charge in [-0.3, -0.25) is 4.79 Å². The Morgan fingerprint density at radius 1 is 1.50 bits per heavy atom. The normalized spacial score (nSPS) is 15.9. The fraction of sp³-hybridized carbons (Fsp3) is 0.500. The molecular formula is C14H19NO3. The molecule has 1 unspecified atom stereocenters. The molecule has 0 saturated heterocycles. The van der Waals surface area contributed by atoms with E-state index in [1.54, 1.807) is 20.9 Å². The maximum atomic E-state index is 11.4. The molecule has 2 N–H and O–H groups in total. The minimum atomic E-state index is -0.859. The fourth-order valence-corrected chi connectivity index (χ4v) is 2.45. The molecule has 0 saturated carbocycles. The highest BCUT2D eigenvalue weighted by molar-refractivity contribution is 5.75. The molecule has 0 spiro atoms. The van der Waals surface area contributed by atoms with Crippen LogP contribution in [0.4, 0.5) is 0 Å². The molecule has 1 aromatic carbocycles. The number of carboxylic acids is 1. The number of hydrogen-bond acceptors (Lipinski definition) is 3. The van der Waals surface area contributed by atoms with Gasteiger partial charge in [0.25, 0.3) is 0 Å². The van der Waals surface area contributed by atoms with E-state index in [9.17, 15) is 9.90 Å². The van der Waals surface area contributed by atoms with E-state index in [2.05, 4.69) is 5.32 Å². The number of aliphatic carboxylic acids is 1. The van der Waals surface area contributed by atoms with Crippen molar-refractivity contribution in [3.8, 4) is 5.75 Å². The summed E-state index contributed by atoms with van der Waals surface area (Å²) in [7, 11) is 1.79. The van der Waals surface area contributed by atoms with E-state index in [-0.39, 0.29) is 6.04 Å². The second-order valence-electron chi connectivity index (χ2n) is 5.21. The Labute approximate surface area is 107 Å². The predicted molar refractivity (Wildman–Crippen MR) is 68.9 cm³/mol. The lowest BCUT2D eigenvalue weighted by Gasteiger charge is -2.30. The third kappa shape index (κ3) is 2.08. The molecule has 0 radical (unpaired) electrons. The Morgan fingerprint density at radius 2 is 2.22 bits per heavy atom. The van der Waals surface area contributed by atoms with Gasteiger partial charge in [0, 0.05) is 12.5 Å². The molecule has 4 nitrogen and oxygen atoms in total. The van der Waals surface area contributed by atoms with E-state index in [0.717, 1.165) is 23.3 Å². The van der Waals surface area contributed by atoms with Gasteiger partial charge in [0.15, 0.2) is 0 Å². The van der Waals surface area contributed by atoms with Crippen LogP contribution in [-0.4, -0.2) is 24.7 Å². The van der Waals surface area contributed by atoms with Gasteiger partial charge in [-0.25, -0.2) is 0 Å². The van der Waals surface area contributed by atoms with E-state index in [1.807, 2.05) is 18.2 Å². The van der Waals surface area contributed by atoms with Gasteiger partial charge >= 0.3 is 5.97 Å². The molecule has 2 rings (SSSR count). The molecule has 4 heteroatoms. The van der Waals surface area contributed by atoms with Crippen LogP contribution in [0.15, 0.2) is 18.2 Å².